The van der Waals surface area contributed by atoms with Gasteiger partial charge in [-0.2, -0.15) is 0 Å². The predicted molar refractivity (Wildman–Crippen MR) is 75.9 cm³/mol. The SMILES string of the molecule is O=Cc1cccc2ccc(Oc3ccccc3)cc12. The van der Waals surface area contributed by atoms with E-state index in [9.17, 15) is 4.79 Å². The third-order valence-corrected chi connectivity index (χ3v) is 2.99. The molecule has 0 unspecified atom stereocenters. The molecule has 0 radical (unpaired) electrons. The normalized spacial score (nSPS) is 10.3. The number of aldehydes is 1. The van der Waals surface area contributed by atoms with E-state index in [2.05, 4.69) is 0 Å². The lowest BCUT2D eigenvalue weighted by Crippen LogP contribution is -1.86. The first-order valence-electron chi connectivity index (χ1n) is 6.08. The Labute approximate surface area is 111 Å². The second kappa shape index (κ2) is 4.94. The van der Waals surface area contributed by atoms with Gasteiger partial charge in [0.05, 0.1) is 0 Å². The highest BCUT2D eigenvalue weighted by atomic mass is 16.5. The largest absolute Gasteiger partial charge is 0.457 e. The molecule has 3 rings (SSSR count). The molecule has 0 fully saturated rings. The van der Waals surface area contributed by atoms with E-state index in [0.717, 1.165) is 28.6 Å². The lowest BCUT2D eigenvalue weighted by atomic mass is 10.1. The van der Waals surface area contributed by atoms with E-state index < -0.39 is 0 Å². The van der Waals surface area contributed by atoms with Gasteiger partial charge in [0.25, 0.3) is 0 Å². The minimum Gasteiger partial charge on any atom is -0.457 e. The van der Waals surface area contributed by atoms with Gasteiger partial charge in [-0.1, -0.05) is 42.5 Å². The molecule has 92 valence electrons. The number of benzene rings is 3. The van der Waals surface area contributed by atoms with Crippen molar-refractivity contribution in [1.29, 1.82) is 0 Å². The zero-order chi connectivity index (χ0) is 13.1. The fourth-order valence-corrected chi connectivity index (χ4v) is 2.07. The summed E-state index contributed by atoms with van der Waals surface area (Å²) in [7, 11) is 0. The quantitative estimate of drug-likeness (QED) is 0.640. The van der Waals surface area contributed by atoms with E-state index in [4.69, 9.17) is 4.74 Å². The van der Waals surface area contributed by atoms with Crippen molar-refractivity contribution in [3.63, 3.8) is 0 Å². The number of hydrogen-bond donors (Lipinski definition) is 0. The average Bonchev–Trinajstić information content (AvgIpc) is 2.47. The van der Waals surface area contributed by atoms with Crippen LogP contribution in [0, 0.1) is 0 Å². The van der Waals surface area contributed by atoms with Crippen molar-refractivity contribution in [3.8, 4) is 11.5 Å². The van der Waals surface area contributed by atoms with Crippen LogP contribution < -0.4 is 4.74 Å². The molecule has 0 atom stereocenters. The Bertz CT molecular complexity index is 718. The summed E-state index contributed by atoms with van der Waals surface area (Å²) >= 11 is 0. The number of para-hydroxylation sites is 1. The first kappa shape index (κ1) is 11.5. The summed E-state index contributed by atoms with van der Waals surface area (Å²) in [6.45, 7) is 0. The average molecular weight is 248 g/mol. The standard InChI is InChI=1S/C17H12O2/c18-12-14-6-4-5-13-9-10-16(11-17(13)14)19-15-7-2-1-3-8-15/h1-12H. The molecule has 2 heteroatoms. The number of hydrogen-bond acceptors (Lipinski definition) is 2. The van der Waals surface area contributed by atoms with Crippen molar-refractivity contribution in [2.45, 2.75) is 0 Å². The highest BCUT2D eigenvalue weighted by Crippen LogP contribution is 2.26. The summed E-state index contributed by atoms with van der Waals surface area (Å²) in [5.41, 5.74) is 0.677. The summed E-state index contributed by atoms with van der Waals surface area (Å²) in [5, 5.41) is 1.94. The third kappa shape index (κ3) is 2.33. The number of carbonyl (C=O) groups excluding carboxylic acids is 1. The summed E-state index contributed by atoms with van der Waals surface area (Å²) in [5.74, 6) is 1.51. The van der Waals surface area contributed by atoms with Crippen molar-refractivity contribution in [2.24, 2.45) is 0 Å². The number of rotatable bonds is 3. The van der Waals surface area contributed by atoms with E-state index in [-0.39, 0.29) is 0 Å². The van der Waals surface area contributed by atoms with Crippen LogP contribution in [0.25, 0.3) is 10.8 Å². The molecule has 0 aliphatic carbocycles. The Kier molecular flexibility index (Phi) is 2.99. The lowest BCUT2D eigenvalue weighted by molar-refractivity contribution is 0.112. The Morgan fingerprint density at radius 2 is 1.63 bits per heavy atom. The fourth-order valence-electron chi connectivity index (χ4n) is 2.07. The lowest BCUT2D eigenvalue weighted by Gasteiger charge is -2.07. The molecule has 0 aromatic heterocycles. The minimum absolute atomic E-state index is 0.677. The molecule has 0 saturated heterocycles. The molecule has 0 bridgehead atoms. The number of fused-ring (bicyclic) bond motifs is 1. The van der Waals surface area contributed by atoms with Gasteiger partial charge in [0.1, 0.15) is 11.5 Å². The predicted octanol–water partition coefficient (Wildman–Crippen LogP) is 4.44. The molecule has 0 aliphatic heterocycles. The smallest absolute Gasteiger partial charge is 0.150 e. The van der Waals surface area contributed by atoms with Gasteiger partial charge in [-0.15, -0.1) is 0 Å². The van der Waals surface area contributed by atoms with Crippen LogP contribution in [0.3, 0.4) is 0 Å². The van der Waals surface area contributed by atoms with Crippen LogP contribution in [-0.2, 0) is 0 Å². The Hall–Kier alpha value is -2.61. The van der Waals surface area contributed by atoms with Crippen molar-refractivity contribution >= 4 is 17.1 Å². The minimum atomic E-state index is 0.677. The second-order valence-corrected chi connectivity index (χ2v) is 4.26. The maximum absolute atomic E-state index is 11.0. The van der Waals surface area contributed by atoms with Gasteiger partial charge in [0.15, 0.2) is 6.29 Å². The van der Waals surface area contributed by atoms with Crippen LogP contribution in [0.15, 0.2) is 66.7 Å². The van der Waals surface area contributed by atoms with Crippen LogP contribution in [0.1, 0.15) is 10.4 Å². The fraction of sp³-hybridized carbons (Fsp3) is 0. The highest BCUT2D eigenvalue weighted by Gasteiger charge is 2.03. The van der Waals surface area contributed by atoms with Gasteiger partial charge in [0.2, 0.25) is 0 Å². The number of ether oxygens (including phenoxy) is 1. The summed E-state index contributed by atoms with van der Waals surface area (Å²) < 4.78 is 5.77. The maximum Gasteiger partial charge on any atom is 0.150 e. The molecule has 3 aromatic rings. The molecular formula is C17H12O2. The third-order valence-electron chi connectivity index (χ3n) is 2.99. The van der Waals surface area contributed by atoms with E-state index in [1.807, 2.05) is 66.7 Å². The Balaban J connectivity index is 2.04. The van der Waals surface area contributed by atoms with Crippen molar-refractivity contribution in [3.05, 3.63) is 72.3 Å². The molecule has 0 amide bonds. The Morgan fingerprint density at radius 1 is 0.789 bits per heavy atom. The van der Waals surface area contributed by atoms with Gasteiger partial charge in [-0.05, 0) is 35.0 Å². The molecule has 3 aromatic carbocycles. The molecule has 0 saturated carbocycles. The van der Waals surface area contributed by atoms with Crippen molar-refractivity contribution in [2.75, 3.05) is 0 Å². The number of carbonyl (C=O) groups is 1. The zero-order valence-corrected chi connectivity index (χ0v) is 10.2. The summed E-state index contributed by atoms with van der Waals surface area (Å²) in [6, 6.07) is 21.0. The van der Waals surface area contributed by atoms with E-state index in [1.54, 1.807) is 0 Å². The van der Waals surface area contributed by atoms with Gasteiger partial charge < -0.3 is 4.74 Å². The van der Waals surface area contributed by atoms with E-state index in [0.29, 0.717) is 5.56 Å². The molecule has 2 nitrogen and oxygen atoms in total. The van der Waals surface area contributed by atoms with Gasteiger partial charge in [-0.3, -0.25) is 4.79 Å². The molecule has 0 spiro atoms. The monoisotopic (exact) mass is 248 g/mol. The van der Waals surface area contributed by atoms with E-state index >= 15 is 0 Å². The van der Waals surface area contributed by atoms with Crippen LogP contribution >= 0.6 is 0 Å². The topological polar surface area (TPSA) is 26.3 Å². The molecular weight excluding hydrogens is 236 g/mol. The van der Waals surface area contributed by atoms with Crippen LogP contribution in [0.4, 0.5) is 0 Å². The van der Waals surface area contributed by atoms with Gasteiger partial charge >= 0.3 is 0 Å². The first-order chi connectivity index (χ1) is 9.36. The van der Waals surface area contributed by atoms with Crippen LogP contribution in [-0.4, -0.2) is 6.29 Å². The van der Waals surface area contributed by atoms with Crippen LogP contribution in [0.2, 0.25) is 0 Å². The van der Waals surface area contributed by atoms with E-state index in [1.165, 1.54) is 0 Å². The second-order valence-electron chi connectivity index (χ2n) is 4.26. The maximum atomic E-state index is 11.0. The summed E-state index contributed by atoms with van der Waals surface area (Å²) in [4.78, 5) is 11.0. The molecule has 19 heavy (non-hydrogen) atoms. The first-order valence-corrected chi connectivity index (χ1v) is 6.08. The van der Waals surface area contributed by atoms with Crippen molar-refractivity contribution in [1.82, 2.24) is 0 Å². The van der Waals surface area contributed by atoms with Gasteiger partial charge in [0, 0.05) is 5.56 Å². The molecule has 0 N–H and O–H groups in total. The van der Waals surface area contributed by atoms with Crippen LogP contribution in [0.5, 0.6) is 11.5 Å². The highest BCUT2D eigenvalue weighted by molar-refractivity contribution is 5.98. The Morgan fingerprint density at radius 3 is 2.42 bits per heavy atom. The van der Waals surface area contributed by atoms with Gasteiger partial charge in [-0.25, -0.2) is 0 Å². The van der Waals surface area contributed by atoms with Crippen molar-refractivity contribution < 1.29 is 9.53 Å². The molecule has 0 heterocycles. The molecule has 0 aliphatic rings. The summed E-state index contributed by atoms with van der Waals surface area (Å²) in [6.07, 6.45) is 0.870. The zero-order valence-electron chi connectivity index (χ0n) is 10.2.